The number of rotatable bonds is 9. The first-order valence-electron chi connectivity index (χ1n) is 12.5. The standard InChI is InChI=1S/C25H39N3O5S/c1-4-6-15-26(3)24(29)20-11-16-27(17-12-20)25(30)21-13-18-28(19-14-21)34(31,32)23-9-7-22(8-10-23)33-5-2/h7-10,20-21H,4-6,11-19H2,1-3H3. The minimum atomic E-state index is -3.59. The number of ether oxygens (including phenoxy) is 1. The smallest absolute Gasteiger partial charge is 0.243 e. The van der Waals surface area contributed by atoms with Gasteiger partial charge in [0.1, 0.15) is 5.75 Å². The quantitative estimate of drug-likeness (QED) is 0.528. The van der Waals surface area contributed by atoms with Crippen LogP contribution in [0.1, 0.15) is 52.4 Å². The average molecular weight is 494 g/mol. The van der Waals surface area contributed by atoms with Crippen LogP contribution >= 0.6 is 0 Å². The van der Waals surface area contributed by atoms with Crippen molar-refractivity contribution in [2.75, 3.05) is 46.4 Å². The number of nitrogens with zero attached hydrogens (tertiary/aromatic N) is 3. The molecule has 2 heterocycles. The number of carbonyl (C=O) groups excluding carboxylic acids is 2. The van der Waals surface area contributed by atoms with Crippen LogP contribution in [0.2, 0.25) is 0 Å². The Labute approximate surface area is 204 Å². The van der Waals surface area contributed by atoms with Gasteiger partial charge in [0, 0.05) is 51.6 Å². The molecule has 2 aliphatic rings. The summed E-state index contributed by atoms with van der Waals surface area (Å²) < 4.78 is 32.9. The van der Waals surface area contributed by atoms with Gasteiger partial charge in [0.05, 0.1) is 11.5 Å². The zero-order valence-electron chi connectivity index (χ0n) is 20.7. The second kappa shape index (κ2) is 12.0. The van der Waals surface area contributed by atoms with E-state index in [1.807, 2.05) is 23.8 Å². The number of sulfonamides is 1. The molecule has 0 atom stereocenters. The van der Waals surface area contributed by atoms with Crippen LogP contribution < -0.4 is 4.74 Å². The molecule has 0 aliphatic carbocycles. The molecule has 0 bridgehead atoms. The number of likely N-dealkylation sites (tertiary alicyclic amines) is 1. The summed E-state index contributed by atoms with van der Waals surface area (Å²) in [6.07, 6.45) is 4.51. The van der Waals surface area contributed by atoms with Crippen LogP contribution in [0, 0.1) is 11.8 Å². The second-order valence-electron chi connectivity index (χ2n) is 9.30. The Morgan fingerprint density at radius 3 is 2.12 bits per heavy atom. The molecular formula is C25H39N3O5S. The third kappa shape index (κ3) is 6.30. The number of piperidine rings is 2. The minimum Gasteiger partial charge on any atom is -0.494 e. The Morgan fingerprint density at radius 1 is 0.971 bits per heavy atom. The summed E-state index contributed by atoms with van der Waals surface area (Å²) >= 11 is 0. The topological polar surface area (TPSA) is 87.2 Å². The summed E-state index contributed by atoms with van der Waals surface area (Å²) in [5, 5.41) is 0. The fraction of sp³-hybridized carbons (Fsp3) is 0.680. The number of carbonyl (C=O) groups is 2. The van der Waals surface area contributed by atoms with E-state index in [4.69, 9.17) is 4.74 Å². The summed E-state index contributed by atoms with van der Waals surface area (Å²) in [5.41, 5.74) is 0. The van der Waals surface area contributed by atoms with Crippen LogP contribution in [0.3, 0.4) is 0 Å². The van der Waals surface area contributed by atoms with Crippen molar-refractivity contribution in [3.8, 4) is 5.75 Å². The number of amides is 2. The predicted molar refractivity (Wildman–Crippen MR) is 131 cm³/mol. The van der Waals surface area contributed by atoms with Crippen molar-refractivity contribution in [1.82, 2.24) is 14.1 Å². The van der Waals surface area contributed by atoms with E-state index in [0.717, 1.165) is 19.4 Å². The van der Waals surface area contributed by atoms with Crippen molar-refractivity contribution >= 4 is 21.8 Å². The van der Waals surface area contributed by atoms with Crippen LogP contribution in [-0.4, -0.2) is 80.7 Å². The molecule has 0 unspecified atom stereocenters. The van der Waals surface area contributed by atoms with E-state index in [-0.39, 0.29) is 28.5 Å². The summed E-state index contributed by atoms with van der Waals surface area (Å²) in [4.78, 5) is 29.7. The van der Waals surface area contributed by atoms with Gasteiger partial charge < -0.3 is 14.5 Å². The first-order chi connectivity index (χ1) is 16.3. The Bertz CT molecular complexity index is 918. The molecule has 8 nitrogen and oxygen atoms in total. The third-order valence-electron chi connectivity index (χ3n) is 6.95. The van der Waals surface area contributed by atoms with Gasteiger partial charge in [-0.3, -0.25) is 9.59 Å². The number of unbranched alkanes of at least 4 members (excludes halogenated alkanes) is 1. The lowest BCUT2D eigenvalue weighted by Crippen LogP contribution is -2.48. The van der Waals surface area contributed by atoms with Gasteiger partial charge in [-0.05, 0) is 63.3 Å². The molecule has 2 aliphatic heterocycles. The van der Waals surface area contributed by atoms with E-state index in [0.29, 0.717) is 64.2 Å². The highest BCUT2D eigenvalue weighted by Gasteiger charge is 2.36. The molecule has 0 N–H and O–H groups in total. The molecule has 190 valence electrons. The molecule has 2 amide bonds. The Morgan fingerprint density at radius 2 is 1.56 bits per heavy atom. The van der Waals surface area contributed by atoms with E-state index in [1.165, 1.54) is 4.31 Å². The van der Waals surface area contributed by atoms with Crippen molar-refractivity contribution in [2.24, 2.45) is 11.8 Å². The van der Waals surface area contributed by atoms with Gasteiger partial charge in [-0.2, -0.15) is 4.31 Å². The lowest BCUT2D eigenvalue weighted by atomic mass is 9.92. The minimum absolute atomic E-state index is 0.00740. The van der Waals surface area contributed by atoms with E-state index in [1.54, 1.807) is 24.3 Å². The Kier molecular flexibility index (Phi) is 9.36. The highest BCUT2D eigenvalue weighted by molar-refractivity contribution is 7.89. The van der Waals surface area contributed by atoms with Gasteiger partial charge in [-0.15, -0.1) is 0 Å². The predicted octanol–water partition coefficient (Wildman–Crippen LogP) is 2.98. The highest BCUT2D eigenvalue weighted by atomic mass is 32.2. The number of benzene rings is 1. The SMILES string of the molecule is CCCCN(C)C(=O)C1CCN(C(=O)C2CCN(S(=O)(=O)c3ccc(OCC)cc3)CC2)CC1. The van der Waals surface area contributed by atoms with Crippen LogP contribution in [0.5, 0.6) is 5.75 Å². The molecule has 0 spiro atoms. The molecular weight excluding hydrogens is 454 g/mol. The lowest BCUT2D eigenvalue weighted by molar-refractivity contribution is -0.142. The van der Waals surface area contributed by atoms with E-state index >= 15 is 0 Å². The van der Waals surface area contributed by atoms with Crippen LogP contribution in [-0.2, 0) is 19.6 Å². The maximum absolute atomic E-state index is 13.1. The van der Waals surface area contributed by atoms with Crippen molar-refractivity contribution in [2.45, 2.75) is 57.3 Å². The van der Waals surface area contributed by atoms with Crippen LogP contribution in [0.25, 0.3) is 0 Å². The zero-order valence-corrected chi connectivity index (χ0v) is 21.6. The normalized spacial score (nSPS) is 18.6. The van der Waals surface area contributed by atoms with E-state index < -0.39 is 10.0 Å². The largest absolute Gasteiger partial charge is 0.494 e. The number of hydrogen-bond acceptors (Lipinski definition) is 5. The summed E-state index contributed by atoms with van der Waals surface area (Å²) in [5.74, 6) is 0.763. The maximum Gasteiger partial charge on any atom is 0.243 e. The highest BCUT2D eigenvalue weighted by Crippen LogP contribution is 2.28. The third-order valence-corrected chi connectivity index (χ3v) is 8.87. The van der Waals surface area contributed by atoms with E-state index in [2.05, 4.69) is 6.92 Å². The zero-order chi connectivity index (χ0) is 24.7. The summed E-state index contributed by atoms with van der Waals surface area (Å²) in [7, 11) is -1.72. The average Bonchev–Trinajstić information content (AvgIpc) is 2.87. The molecule has 9 heteroatoms. The van der Waals surface area contributed by atoms with Gasteiger partial charge >= 0.3 is 0 Å². The molecule has 2 fully saturated rings. The molecule has 0 aromatic heterocycles. The van der Waals surface area contributed by atoms with Crippen molar-refractivity contribution in [1.29, 1.82) is 0 Å². The molecule has 3 rings (SSSR count). The second-order valence-corrected chi connectivity index (χ2v) is 11.2. The van der Waals surface area contributed by atoms with Gasteiger partial charge in [0.2, 0.25) is 21.8 Å². The molecule has 1 aromatic rings. The Hall–Kier alpha value is -2.13. The van der Waals surface area contributed by atoms with Gasteiger partial charge in [0.15, 0.2) is 0 Å². The maximum atomic E-state index is 13.1. The van der Waals surface area contributed by atoms with Crippen LogP contribution in [0.4, 0.5) is 0 Å². The molecule has 2 saturated heterocycles. The lowest BCUT2D eigenvalue weighted by Gasteiger charge is -2.37. The molecule has 0 saturated carbocycles. The first-order valence-corrected chi connectivity index (χ1v) is 14.0. The van der Waals surface area contributed by atoms with Crippen LogP contribution in [0.15, 0.2) is 29.2 Å². The summed E-state index contributed by atoms with van der Waals surface area (Å²) in [6.45, 7) is 7.17. The Balaban J connectivity index is 1.49. The van der Waals surface area contributed by atoms with Crippen molar-refractivity contribution in [3.63, 3.8) is 0 Å². The monoisotopic (exact) mass is 493 g/mol. The van der Waals surface area contributed by atoms with Gasteiger partial charge in [-0.1, -0.05) is 13.3 Å². The van der Waals surface area contributed by atoms with Crippen molar-refractivity contribution < 1.29 is 22.7 Å². The first kappa shape index (κ1) is 26.5. The molecule has 34 heavy (non-hydrogen) atoms. The molecule has 0 radical (unpaired) electrons. The molecule has 1 aromatic carbocycles. The fourth-order valence-corrected chi connectivity index (χ4v) is 6.26. The fourth-order valence-electron chi connectivity index (χ4n) is 4.79. The van der Waals surface area contributed by atoms with Gasteiger partial charge in [-0.25, -0.2) is 8.42 Å². The van der Waals surface area contributed by atoms with Gasteiger partial charge in [0.25, 0.3) is 0 Å². The number of hydrogen-bond donors (Lipinski definition) is 0. The summed E-state index contributed by atoms with van der Waals surface area (Å²) in [6, 6.07) is 6.48. The van der Waals surface area contributed by atoms with E-state index in [9.17, 15) is 18.0 Å². The van der Waals surface area contributed by atoms with Crippen molar-refractivity contribution in [3.05, 3.63) is 24.3 Å².